The smallest absolute Gasteiger partial charge is 0.295 e. The van der Waals surface area contributed by atoms with Crippen LogP contribution in [0.5, 0.6) is 11.5 Å². The fourth-order valence-corrected chi connectivity index (χ4v) is 4.42. The van der Waals surface area contributed by atoms with Gasteiger partial charge in [0.2, 0.25) is 0 Å². The van der Waals surface area contributed by atoms with Crippen molar-refractivity contribution in [2.75, 3.05) is 26.2 Å². The van der Waals surface area contributed by atoms with Gasteiger partial charge in [-0.3, -0.25) is 9.59 Å². The van der Waals surface area contributed by atoms with Crippen molar-refractivity contribution in [3.8, 4) is 11.5 Å². The summed E-state index contributed by atoms with van der Waals surface area (Å²) >= 11 is 0. The van der Waals surface area contributed by atoms with E-state index in [-0.39, 0.29) is 23.5 Å². The van der Waals surface area contributed by atoms with E-state index in [1.54, 1.807) is 29.2 Å². The molecule has 0 bridgehead atoms. The molecule has 3 rings (SSSR count). The van der Waals surface area contributed by atoms with Gasteiger partial charge in [-0.15, -0.1) is 0 Å². The molecule has 0 aromatic heterocycles. The van der Waals surface area contributed by atoms with E-state index in [1.165, 1.54) is 0 Å². The molecular weight excluding hydrogens is 456 g/mol. The summed E-state index contributed by atoms with van der Waals surface area (Å²) in [7, 11) is 0. The molecule has 1 N–H and O–H groups in total. The molecule has 1 amide bonds. The lowest BCUT2D eigenvalue weighted by molar-refractivity contribution is -0.140. The molecule has 1 unspecified atom stereocenters. The van der Waals surface area contributed by atoms with E-state index in [9.17, 15) is 14.7 Å². The zero-order valence-corrected chi connectivity index (χ0v) is 22.2. The Hall–Kier alpha value is -3.32. The molecule has 36 heavy (non-hydrogen) atoms. The number of Topliss-reactive ketones (excluding diaryl/α,β-unsaturated/α-hetero) is 1. The van der Waals surface area contributed by atoms with Crippen LogP contribution in [0.1, 0.15) is 58.7 Å². The van der Waals surface area contributed by atoms with E-state index >= 15 is 0 Å². The molecule has 1 fully saturated rings. The third-order valence-corrected chi connectivity index (χ3v) is 6.12. The highest BCUT2D eigenvalue weighted by atomic mass is 16.5. The third kappa shape index (κ3) is 6.26. The Morgan fingerprint density at radius 3 is 2.11 bits per heavy atom. The number of carbonyl (C=O) groups is 2. The van der Waals surface area contributed by atoms with E-state index in [4.69, 9.17) is 9.47 Å². The number of amides is 1. The number of benzene rings is 2. The maximum atomic E-state index is 13.3. The topological polar surface area (TPSA) is 79.3 Å². The van der Waals surface area contributed by atoms with Crippen LogP contribution in [0, 0.1) is 0 Å². The number of aliphatic hydroxyl groups excluding tert-OH is 1. The Kier molecular flexibility index (Phi) is 9.15. The normalized spacial score (nSPS) is 17.5. The van der Waals surface area contributed by atoms with E-state index in [0.29, 0.717) is 35.7 Å². The van der Waals surface area contributed by atoms with Gasteiger partial charge in [0.1, 0.15) is 17.3 Å². The number of aliphatic hydroxyl groups is 1. The van der Waals surface area contributed by atoms with Crippen molar-refractivity contribution in [3.63, 3.8) is 0 Å². The maximum absolute atomic E-state index is 13.3. The predicted molar refractivity (Wildman–Crippen MR) is 141 cm³/mol. The molecule has 1 heterocycles. The fraction of sp³-hybridized carbons (Fsp3) is 0.448. The van der Waals surface area contributed by atoms with Crippen LogP contribution >= 0.6 is 0 Å². The van der Waals surface area contributed by atoms with Gasteiger partial charge in [-0.1, -0.05) is 38.1 Å². The van der Waals surface area contributed by atoms with Crippen molar-refractivity contribution >= 4 is 17.4 Å². The van der Waals surface area contributed by atoms with Gasteiger partial charge in [-0.25, -0.2) is 0 Å². The van der Waals surface area contributed by atoms with Gasteiger partial charge in [-0.05, 0) is 70.6 Å². The zero-order valence-electron chi connectivity index (χ0n) is 22.2. The molecule has 194 valence electrons. The first kappa shape index (κ1) is 27.3. The second kappa shape index (κ2) is 12.1. The minimum absolute atomic E-state index is 0.0297. The Balaban J connectivity index is 2.11. The number of hydrogen-bond donors (Lipinski definition) is 1. The van der Waals surface area contributed by atoms with Crippen molar-refractivity contribution in [2.24, 2.45) is 0 Å². The van der Waals surface area contributed by atoms with Gasteiger partial charge in [0, 0.05) is 18.7 Å². The number of rotatable bonds is 11. The van der Waals surface area contributed by atoms with Crippen molar-refractivity contribution in [1.29, 1.82) is 0 Å². The van der Waals surface area contributed by atoms with Crippen molar-refractivity contribution in [3.05, 3.63) is 65.2 Å². The molecule has 1 saturated heterocycles. The van der Waals surface area contributed by atoms with E-state index < -0.39 is 17.7 Å². The molecule has 2 aromatic rings. The van der Waals surface area contributed by atoms with E-state index in [2.05, 4.69) is 18.7 Å². The van der Waals surface area contributed by atoms with Crippen molar-refractivity contribution in [1.82, 2.24) is 9.80 Å². The average molecular weight is 495 g/mol. The van der Waals surface area contributed by atoms with Crippen LogP contribution in [-0.4, -0.2) is 65.0 Å². The summed E-state index contributed by atoms with van der Waals surface area (Å²) in [6, 6.07) is 13.6. The summed E-state index contributed by atoms with van der Waals surface area (Å²) in [5, 5.41) is 11.4. The van der Waals surface area contributed by atoms with Crippen LogP contribution in [0.2, 0.25) is 0 Å². The molecular formula is C29H38N2O5. The first-order chi connectivity index (χ1) is 17.2. The second-order valence-corrected chi connectivity index (χ2v) is 9.45. The number of carbonyl (C=O) groups excluding carboxylic acids is 2. The molecule has 1 atom stereocenters. The lowest BCUT2D eigenvalue weighted by atomic mass is 9.95. The molecule has 7 heteroatoms. The van der Waals surface area contributed by atoms with Crippen LogP contribution in [0.3, 0.4) is 0 Å². The highest BCUT2D eigenvalue weighted by Gasteiger charge is 2.46. The molecule has 1 aliphatic rings. The molecule has 1 aliphatic heterocycles. The number of likely N-dealkylation sites (N-methyl/N-ethyl adjacent to an activating group) is 1. The molecule has 0 radical (unpaired) electrons. The Morgan fingerprint density at radius 1 is 0.944 bits per heavy atom. The Morgan fingerprint density at radius 2 is 1.53 bits per heavy atom. The quantitative estimate of drug-likeness (QED) is 0.268. The zero-order chi connectivity index (χ0) is 26.4. The number of likely N-dealkylation sites (tertiary alicyclic amines) is 1. The lowest BCUT2D eigenvalue weighted by Crippen LogP contribution is -2.38. The Labute approximate surface area is 214 Å². The van der Waals surface area contributed by atoms with Crippen LogP contribution in [0.25, 0.3) is 5.76 Å². The number of hydrogen-bond acceptors (Lipinski definition) is 6. The number of ketones is 1. The number of nitrogens with zero attached hydrogens (tertiary/aromatic N) is 2. The summed E-state index contributed by atoms with van der Waals surface area (Å²) in [6.07, 6.45) is -0.0743. The summed E-state index contributed by atoms with van der Waals surface area (Å²) in [5.41, 5.74) is 1.21. The SMILES string of the molecule is CCN(CC)CCN1C(=O)C(=O)/C(=C(\O)c2cccc(OC(C)C)c2)C1c1cccc(OC(C)C)c1. The minimum Gasteiger partial charge on any atom is -0.507 e. The number of ether oxygens (including phenoxy) is 2. The third-order valence-electron chi connectivity index (χ3n) is 6.12. The van der Waals surface area contributed by atoms with Crippen LogP contribution in [0.4, 0.5) is 0 Å². The lowest BCUT2D eigenvalue weighted by Gasteiger charge is -2.28. The van der Waals surface area contributed by atoms with Gasteiger partial charge in [-0.2, -0.15) is 0 Å². The monoisotopic (exact) mass is 494 g/mol. The van der Waals surface area contributed by atoms with Gasteiger partial charge in [0.25, 0.3) is 11.7 Å². The molecule has 0 aliphatic carbocycles. The highest BCUT2D eigenvalue weighted by molar-refractivity contribution is 6.46. The van der Waals surface area contributed by atoms with Crippen molar-refractivity contribution < 1.29 is 24.2 Å². The van der Waals surface area contributed by atoms with Gasteiger partial charge >= 0.3 is 0 Å². The minimum atomic E-state index is -0.731. The molecule has 2 aromatic carbocycles. The Bertz CT molecular complexity index is 1100. The predicted octanol–water partition coefficient (Wildman–Crippen LogP) is 5.02. The average Bonchev–Trinajstić information content (AvgIpc) is 3.08. The summed E-state index contributed by atoms with van der Waals surface area (Å²) in [5.74, 6) is -0.299. The molecule has 0 saturated carbocycles. The van der Waals surface area contributed by atoms with Crippen LogP contribution in [-0.2, 0) is 9.59 Å². The first-order valence-electron chi connectivity index (χ1n) is 12.7. The fourth-order valence-electron chi connectivity index (χ4n) is 4.42. The van der Waals surface area contributed by atoms with Crippen LogP contribution in [0.15, 0.2) is 54.1 Å². The summed E-state index contributed by atoms with van der Waals surface area (Å²) in [4.78, 5) is 30.4. The first-order valence-corrected chi connectivity index (χ1v) is 12.7. The highest BCUT2D eigenvalue weighted by Crippen LogP contribution is 2.40. The second-order valence-electron chi connectivity index (χ2n) is 9.45. The van der Waals surface area contributed by atoms with E-state index in [1.807, 2.05) is 52.0 Å². The van der Waals surface area contributed by atoms with Gasteiger partial charge in [0.05, 0.1) is 23.8 Å². The molecule has 0 spiro atoms. The molecule has 7 nitrogen and oxygen atoms in total. The van der Waals surface area contributed by atoms with Gasteiger partial charge in [0.15, 0.2) is 0 Å². The summed E-state index contributed by atoms with van der Waals surface area (Å²) in [6.45, 7) is 14.5. The maximum Gasteiger partial charge on any atom is 0.295 e. The van der Waals surface area contributed by atoms with Crippen LogP contribution < -0.4 is 9.47 Å². The van der Waals surface area contributed by atoms with E-state index in [0.717, 1.165) is 13.1 Å². The summed E-state index contributed by atoms with van der Waals surface area (Å²) < 4.78 is 11.7. The van der Waals surface area contributed by atoms with Gasteiger partial charge < -0.3 is 24.4 Å². The van der Waals surface area contributed by atoms with Crippen molar-refractivity contribution in [2.45, 2.75) is 59.8 Å². The standard InChI is InChI=1S/C29H38N2O5/c1-7-30(8-2)15-16-31-26(21-11-9-13-23(17-21)35-19(3)4)25(28(33)29(31)34)27(32)22-12-10-14-24(18-22)36-20(5)6/h9-14,17-20,26,32H,7-8,15-16H2,1-6H3/b27-25-. The largest absolute Gasteiger partial charge is 0.507 e.